The first-order chi connectivity index (χ1) is 15.3. The van der Waals surface area contributed by atoms with E-state index in [-0.39, 0.29) is 11.7 Å². The van der Waals surface area contributed by atoms with Crippen LogP contribution in [-0.4, -0.2) is 44.0 Å². The Morgan fingerprint density at radius 3 is 2.03 bits per heavy atom. The van der Waals surface area contributed by atoms with Crippen LogP contribution in [0.2, 0.25) is 0 Å². The minimum absolute atomic E-state index is 0.288. The van der Waals surface area contributed by atoms with Crippen molar-refractivity contribution in [1.29, 1.82) is 0 Å². The van der Waals surface area contributed by atoms with Gasteiger partial charge >= 0.3 is 0 Å². The van der Waals surface area contributed by atoms with Crippen LogP contribution < -0.4 is 10.0 Å². The van der Waals surface area contributed by atoms with E-state index in [9.17, 15) is 18.0 Å². The van der Waals surface area contributed by atoms with Gasteiger partial charge in [-0.1, -0.05) is 46.6 Å². The highest BCUT2D eigenvalue weighted by atomic mass is 32.2. The molecule has 0 aliphatic rings. The lowest BCUT2D eigenvalue weighted by Crippen LogP contribution is -2.49. The van der Waals surface area contributed by atoms with Gasteiger partial charge in [-0.25, -0.2) is 8.42 Å². The van der Waals surface area contributed by atoms with Crippen LogP contribution in [-0.2, 0) is 19.6 Å². The molecule has 0 fully saturated rings. The fourth-order valence-corrected chi connectivity index (χ4v) is 4.33. The number of nitrogens with one attached hydrogen (secondary N) is 2. The molecular weight excluding hydrogens is 456 g/mol. The van der Waals surface area contributed by atoms with Gasteiger partial charge in [-0.15, -0.1) is 0 Å². The van der Waals surface area contributed by atoms with Crippen LogP contribution in [0.1, 0.15) is 73.6 Å². The van der Waals surface area contributed by atoms with Crippen LogP contribution in [0.5, 0.6) is 0 Å². The van der Waals surface area contributed by atoms with Crippen molar-refractivity contribution in [3.8, 4) is 0 Å². The van der Waals surface area contributed by atoms with E-state index >= 15 is 0 Å². The van der Waals surface area contributed by atoms with E-state index in [1.165, 1.54) is 41.0 Å². The summed E-state index contributed by atoms with van der Waals surface area (Å²) in [6, 6.07) is -0.900. The molecule has 0 aromatic rings. The van der Waals surface area contributed by atoms with E-state index in [0.717, 1.165) is 38.4 Å². The van der Waals surface area contributed by atoms with E-state index < -0.39 is 22.0 Å². The normalized spacial score (nSPS) is 13.2. The summed E-state index contributed by atoms with van der Waals surface area (Å²) in [6.45, 7) is 11.9. The zero-order chi connectivity index (χ0) is 25.4. The number of carbonyl (C=O) groups excluding carboxylic acids is 2. The predicted molar refractivity (Wildman–Crippen MR) is 142 cm³/mol. The molecule has 6 nitrogen and oxygen atoms in total. The van der Waals surface area contributed by atoms with Gasteiger partial charge in [-0.05, 0) is 66.7 Å². The van der Waals surface area contributed by atoms with Gasteiger partial charge < -0.3 is 5.32 Å². The average molecular weight is 499 g/mol. The topological polar surface area (TPSA) is 92.3 Å². The molecule has 0 rings (SSSR count). The average Bonchev–Trinajstić information content (AvgIpc) is 2.65. The maximum Gasteiger partial charge on any atom is 0.256 e. The maximum atomic E-state index is 12.2. The van der Waals surface area contributed by atoms with Gasteiger partial charge in [0.15, 0.2) is 0 Å². The summed E-state index contributed by atoms with van der Waals surface area (Å²) in [7, 11) is -3.68. The van der Waals surface area contributed by atoms with Crippen molar-refractivity contribution in [1.82, 2.24) is 10.0 Å². The molecule has 0 spiro atoms. The summed E-state index contributed by atoms with van der Waals surface area (Å²) in [5.74, 6) is -0.132. The lowest BCUT2D eigenvalue weighted by atomic mass is 10.0. The van der Waals surface area contributed by atoms with E-state index in [1.807, 2.05) is 4.72 Å². The highest BCUT2D eigenvalue weighted by molar-refractivity contribution is 7.99. The predicted octanol–water partition coefficient (Wildman–Crippen LogP) is 5.06. The number of allylic oxidation sites excluding steroid dienone is 7. The van der Waals surface area contributed by atoms with Crippen LogP contribution in [0.25, 0.3) is 0 Å². The summed E-state index contributed by atoms with van der Waals surface area (Å²) in [4.78, 5) is 23.6. The molecule has 2 amide bonds. The second-order valence-corrected chi connectivity index (χ2v) is 11.6. The fourth-order valence-electron chi connectivity index (χ4n) is 2.86. The molecule has 188 valence electrons. The van der Waals surface area contributed by atoms with Crippen LogP contribution in [0, 0.1) is 0 Å². The second kappa shape index (κ2) is 16.8. The molecule has 1 atom stereocenters. The van der Waals surface area contributed by atoms with Gasteiger partial charge in [0.2, 0.25) is 15.9 Å². The third-order valence-electron chi connectivity index (χ3n) is 4.58. The molecule has 0 aromatic carbocycles. The standard InChI is InChI=1S/C25H42N2O4S2/c1-19(2)10-8-11-21(5)12-9-13-23(15-14-20(3)4)16-17-32-18-24(26-22(6)28)25(29)27-33(7,30)31/h10,12,14,16,24H,8-9,11,13,15,17-18H2,1-7H3,(H,26,28)(H,27,29). The monoisotopic (exact) mass is 498 g/mol. The number of hydrogen-bond donors (Lipinski definition) is 2. The molecular formula is C25H42N2O4S2. The third-order valence-corrected chi connectivity index (χ3v) is 6.12. The Bertz CT molecular complexity index is 861. The molecule has 0 aromatic heterocycles. The minimum atomic E-state index is -3.68. The van der Waals surface area contributed by atoms with E-state index in [2.05, 4.69) is 64.2 Å². The maximum absolute atomic E-state index is 12.2. The molecule has 0 aliphatic heterocycles. The Kier molecular flexibility index (Phi) is 15.8. The zero-order valence-corrected chi connectivity index (χ0v) is 22.9. The van der Waals surface area contributed by atoms with E-state index in [0.29, 0.717) is 5.75 Å². The van der Waals surface area contributed by atoms with Gasteiger partial charge in [-0.2, -0.15) is 11.8 Å². The van der Waals surface area contributed by atoms with Gasteiger partial charge in [-0.3, -0.25) is 14.3 Å². The lowest BCUT2D eigenvalue weighted by Gasteiger charge is -2.16. The van der Waals surface area contributed by atoms with Gasteiger partial charge in [0.1, 0.15) is 6.04 Å². The Morgan fingerprint density at radius 1 is 0.879 bits per heavy atom. The minimum Gasteiger partial charge on any atom is -0.344 e. The number of thioether (sulfide) groups is 1. The largest absolute Gasteiger partial charge is 0.344 e. The Hall–Kier alpha value is -1.80. The first-order valence-corrected chi connectivity index (χ1v) is 14.3. The van der Waals surface area contributed by atoms with Crippen molar-refractivity contribution in [2.75, 3.05) is 17.8 Å². The molecule has 33 heavy (non-hydrogen) atoms. The molecule has 0 heterocycles. The van der Waals surface area contributed by atoms with E-state index in [1.54, 1.807) is 0 Å². The van der Waals surface area contributed by atoms with Crippen LogP contribution in [0.4, 0.5) is 0 Å². The Balaban J connectivity index is 4.94. The quantitative estimate of drug-likeness (QED) is 0.243. The van der Waals surface area contributed by atoms with Crippen molar-refractivity contribution < 1.29 is 18.0 Å². The number of carbonyl (C=O) groups is 2. The molecule has 0 bridgehead atoms. The number of amides is 2. The SMILES string of the molecule is CC(=O)NC(CSCC=C(CC=C(C)C)CCC=C(C)CCC=C(C)C)C(=O)NS(C)(=O)=O. The molecule has 8 heteroatoms. The van der Waals surface area contributed by atoms with Crippen LogP contribution in [0.3, 0.4) is 0 Å². The number of sulfonamides is 1. The molecule has 0 aliphatic carbocycles. The smallest absolute Gasteiger partial charge is 0.256 e. The van der Waals surface area contributed by atoms with Gasteiger partial charge in [0.05, 0.1) is 6.26 Å². The first-order valence-electron chi connectivity index (χ1n) is 11.3. The fraction of sp³-hybridized carbons (Fsp3) is 0.600. The Morgan fingerprint density at radius 2 is 1.48 bits per heavy atom. The van der Waals surface area contributed by atoms with Crippen molar-refractivity contribution in [3.63, 3.8) is 0 Å². The zero-order valence-electron chi connectivity index (χ0n) is 21.3. The van der Waals surface area contributed by atoms with Crippen LogP contribution in [0.15, 0.2) is 46.6 Å². The third kappa shape index (κ3) is 19.4. The van der Waals surface area contributed by atoms with Crippen molar-refractivity contribution in [3.05, 3.63) is 46.6 Å². The van der Waals surface area contributed by atoms with Crippen LogP contribution >= 0.6 is 11.8 Å². The van der Waals surface area contributed by atoms with Gasteiger partial charge in [0.25, 0.3) is 5.91 Å². The summed E-state index contributed by atoms with van der Waals surface area (Å²) >= 11 is 1.48. The number of rotatable bonds is 15. The van der Waals surface area contributed by atoms with Crippen molar-refractivity contribution in [2.24, 2.45) is 0 Å². The molecule has 0 saturated carbocycles. The first kappa shape index (κ1) is 31.2. The number of hydrogen-bond acceptors (Lipinski definition) is 5. The highest BCUT2D eigenvalue weighted by Crippen LogP contribution is 2.17. The van der Waals surface area contributed by atoms with Crippen molar-refractivity contribution in [2.45, 2.75) is 79.7 Å². The lowest BCUT2D eigenvalue weighted by molar-refractivity contribution is -0.126. The van der Waals surface area contributed by atoms with E-state index in [4.69, 9.17) is 0 Å². The highest BCUT2D eigenvalue weighted by Gasteiger charge is 2.21. The Labute approximate surface area is 205 Å². The van der Waals surface area contributed by atoms with Crippen molar-refractivity contribution >= 4 is 33.6 Å². The molecule has 1 unspecified atom stereocenters. The summed E-state index contributed by atoms with van der Waals surface area (Å²) in [6.07, 6.45) is 14.9. The molecule has 2 N–H and O–H groups in total. The summed E-state index contributed by atoms with van der Waals surface area (Å²) in [5, 5.41) is 2.52. The molecule has 0 radical (unpaired) electrons. The summed E-state index contributed by atoms with van der Waals surface area (Å²) in [5.41, 5.74) is 5.35. The second-order valence-electron chi connectivity index (χ2n) is 8.79. The summed E-state index contributed by atoms with van der Waals surface area (Å²) < 4.78 is 24.6. The van der Waals surface area contributed by atoms with Gasteiger partial charge in [0, 0.05) is 18.4 Å². The molecule has 0 saturated heterocycles.